The summed E-state index contributed by atoms with van der Waals surface area (Å²) >= 11 is 0. The van der Waals surface area contributed by atoms with Crippen molar-refractivity contribution in [1.29, 1.82) is 0 Å². The Balaban J connectivity index is 1.76. The normalized spacial score (nSPS) is 10.5. The number of amides is 1. The molecule has 0 saturated carbocycles. The number of hydrogen-bond acceptors (Lipinski definition) is 3. The summed E-state index contributed by atoms with van der Waals surface area (Å²) in [4.78, 5) is 14.9. The first kappa shape index (κ1) is 16.8. The van der Waals surface area contributed by atoms with Gasteiger partial charge in [-0.2, -0.15) is 5.10 Å². The fraction of sp³-hybridized carbons (Fsp3) is 0.200. The smallest absolute Gasteiger partial charge is 0.274 e. The van der Waals surface area contributed by atoms with Crippen molar-refractivity contribution in [2.75, 3.05) is 23.3 Å². The Hall–Kier alpha value is -3.08. The summed E-state index contributed by atoms with van der Waals surface area (Å²) in [6.45, 7) is 6.17. The molecule has 5 heteroatoms. The second-order valence-corrected chi connectivity index (χ2v) is 5.64. The fourth-order valence-electron chi connectivity index (χ4n) is 2.79. The van der Waals surface area contributed by atoms with Gasteiger partial charge in [0.05, 0.1) is 11.9 Å². The number of nitrogens with one attached hydrogen (secondary N) is 1. The van der Waals surface area contributed by atoms with E-state index in [1.54, 1.807) is 16.9 Å². The molecule has 0 unspecified atom stereocenters. The molecule has 0 fully saturated rings. The monoisotopic (exact) mass is 334 g/mol. The number of anilines is 2. The van der Waals surface area contributed by atoms with Crippen LogP contribution in [0.15, 0.2) is 66.9 Å². The second kappa shape index (κ2) is 7.66. The maximum Gasteiger partial charge on any atom is 0.274 e. The number of rotatable bonds is 6. The lowest BCUT2D eigenvalue weighted by molar-refractivity contribution is 0.101. The van der Waals surface area contributed by atoms with E-state index in [0.29, 0.717) is 5.69 Å². The van der Waals surface area contributed by atoms with E-state index in [0.717, 1.165) is 30.2 Å². The molecule has 3 aromatic rings. The molecule has 1 heterocycles. The van der Waals surface area contributed by atoms with Gasteiger partial charge in [0.25, 0.3) is 5.91 Å². The molecule has 0 bridgehead atoms. The van der Waals surface area contributed by atoms with Crippen molar-refractivity contribution in [3.05, 3.63) is 72.6 Å². The van der Waals surface area contributed by atoms with E-state index in [2.05, 4.69) is 29.2 Å². The molecule has 0 aliphatic carbocycles. The topological polar surface area (TPSA) is 50.2 Å². The molecule has 0 atom stereocenters. The summed E-state index contributed by atoms with van der Waals surface area (Å²) in [7, 11) is 0. The third kappa shape index (κ3) is 3.71. The van der Waals surface area contributed by atoms with E-state index < -0.39 is 0 Å². The number of hydrogen-bond donors (Lipinski definition) is 1. The molecule has 1 aromatic heterocycles. The average Bonchev–Trinajstić information content (AvgIpc) is 3.15. The molecule has 25 heavy (non-hydrogen) atoms. The minimum Gasteiger partial charge on any atom is -0.372 e. The highest BCUT2D eigenvalue weighted by Gasteiger charge is 2.13. The van der Waals surface area contributed by atoms with Crippen LogP contribution in [0, 0.1) is 0 Å². The first-order valence-electron chi connectivity index (χ1n) is 8.48. The molecule has 1 N–H and O–H groups in total. The Bertz CT molecular complexity index is 820. The maximum atomic E-state index is 12.6. The first-order chi connectivity index (χ1) is 12.2. The number of benzene rings is 2. The highest BCUT2D eigenvalue weighted by molar-refractivity contribution is 6.03. The van der Waals surface area contributed by atoms with Gasteiger partial charge in [0.15, 0.2) is 0 Å². The Morgan fingerprint density at radius 2 is 1.68 bits per heavy atom. The van der Waals surface area contributed by atoms with Gasteiger partial charge in [0, 0.05) is 24.5 Å². The number of aromatic nitrogens is 2. The van der Waals surface area contributed by atoms with Crippen molar-refractivity contribution in [1.82, 2.24) is 9.78 Å². The fourth-order valence-corrected chi connectivity index (χ4v) is 2.79. The van der Waals surface area contributed by atoms with Gasteiger partial charge in [-0.15, -0.1) is 0 Å². The lowest BCUT2D eigenvalue weighted by Gasteiger charge is -2.21. The quantitative estimate of drug-likeness (QED) is 0.742. The van der Waals surface area contributed by atoms with Crippen molar-refractivity contribution >= 4 is 17.3 Å². The molecule has 0 spiro atoms. The van der Waals surface area contributed by atoms with Gasteiger partial charge in [-0.3, -0.25) is 4.79 Å². The SMILES string of the molecule is CCN(CC)c1ccc(NC(=O)c2ccnn2-c2ccccc2)cc1. The van der Waals surface area contributed by atoms with Crippen LogP contribution < -0.4 is 10.2 Å². The Labute approximate surface area is 147 Å². The highest BCUT2D eigenvalue weighted by Crippen LogP contribution is 2.19. The van der Waals surface area contributed by atoms with Crippen LogP contribution >= 0.6 is 0 Å². The molecular weight excluding hydrogens is 312 g/mol. The second-order valence-electron chi connectivity index (χ2n) is 5.64. The molecule has 2 aromatic carbocycles. The van der Waals surface area contributed by atoms with Gasteiger partial charge in [0.2, 0.25) is 0 Å². The van der Waals surface area contributed by atoms with Crippen molar-refractivity contribution in [2.24, 2.45) is 0 Å². The van der Waals surface area contributed by atoms with Crippen LogP contribution in [0.4, 0.5) is 11.4 Å². The summed E-state index contributed by atoms with van der Waals surface area (Å²) in [5, 5.41) is 7.20. The van der Waals surface area contributed by atoms with E-state index in [9.17, 15) is 4.79 Å². The van der Waals surface area contributed by atoms with Crippen LogP contribution in [0.1, 0.15) is 24.3 Å². The third-order valence-corrected chi connectivity index (χ3v) is 4.13. The number of para-hydroxylation sites is 1. The number of nitrogens with zero attached hydrogens (tertiary/aromatic N) is 3. The third-order valence-electron chi connectivity index (χ3n) is 4.13. The molecule has 0 radical (unpaired) electrons. The van der Waals surface area contributed by atoms with Crippen LogP contribution in [-0.2, 0) is 0 Å². The lowest BCUT2D eigenvalue weighted by Crippen LogP contribution is -2.21. The molecule has 128 valence electrons. The highest BCUT2D eigenvalue weighted by atomic mass is 16.2. The minimum atomic E-state index is -0.183. The molecule has 3 rings (SSSR count). The largest absolute Gasteiger partial charge is 0.372 e. The van der Waals surface area contributed by atoms with Gasteiger partial charge < -0.3 is 10.2 Å². The van der Waals surface area contributed by atoms with E-state index in [-0.39, 0.29) is 5.91 Å². The molecule has 0 aliphatic rings. The molecule has 1 amide bonds. The van der Waals surface area contributed by atoms with E-state index in [4.69, 9.17) is 0 Å². The van der Waals surface area contributed by atoms with E-state index in [1.165, 1.54) is 0 Å². The van der Waals surface area contributed by atoms with Crippen LogP contribution in [0.3, 0.4) is 0 Å². The lowest BCUT2D eigenvalue weighted by atomic mass is 10.2. The summed E-state index contributed by atoms with van der Waals surface area (Å²) in [6.07, 6.45) is 1.63. The summed E-state index contributed by atoms with van der Waals surface area (Å²) in [5.74, 6) is -0.183. The van der Waals surface area contributed by atoms with Gasteiger partial charge in [0.1, 0.15) is 5.69 Å². The zero-order valence-electron chi connectivity index (χ0n) is 14.5. The summed E-state index contributed by atoms with van der Waals surface area (Å²) < 4.78 is 1.64. The maximum absolute atomic E-state index is 12.6. The predicted molar refractivity (Wildman–Crippen MR) is 102 cm³/mol. The van der Waals surface area contributed by atoms with Gasteiger partial charge in [-0.1, -0.05) is 18.2 Å². The van der Waals surface area contributed by atoms with Gasteiger partial charge in [-0.25, -0.2) is 4.68 Å². The summed E-state index contributed by atoms with van der Waals surface area (Å²) in [5.41, 5.74) is 3.27. The first-order valence-corrected chi connectivity index (χ1v) is 8.48. The number of carbonyl (C=O) groups excluding carboxylic acids is 1. The van der Waals surface area contributed by atoms with Gasteiger partial charge >= 0.3 is 0 Å². The summed E-state index contributed by atoms with van der Waals surface area (Å²) in [6, 6.07) is 19.2. The Morgan fingerprint density at radius 1 is 1.00 bits per heavy atom. The van der Waals surface area contributed by atoms with Crippen molar-refractivity contribution in [2.45, 2.75) is 13.8 Å². The molecule has 0 saturated heterocycles. The van der Waals surface area contributed by atoms with Crippen LogP contribution in [0.5, 0.6) is 0 Å². The zero-order valence-corrected chi connectivity index (χ0v) is 14.5. The van der Waals surface area contributed by atoms with Crippen LogP contribution in [0.25, 0.3) is 5.69 Å². The standard InChI is InChI=1S/C20H22N4O/c1-3-23(4-2)17-12-10-16(11-13-17)22-20(25)19-14-15-21-24(19)18-8-6-5-7-9-18/h5-15H,3-4H2,1-2H3,(H,22,25). The van der Waals surface area contributed by atoms with Gasteiger partial charge in [-0.05, 0) is 56.3 Å². The Kier molecular flexibility index (Phi) is 5.14. The molecule has 0 aliphatic heterocycles. The predicted octanol–water partition coefficient (Wildman–Crippen LogP) is 3.97. The number of carbonyl (C=O) groups is 1. The van der Waals surface area contributed by atoms with Crippen molar-refractivity contribution in [3.8, 4) is 5.69 Å². The van der Waals surface area contributed by atoms with Crippen molar-refractivity contribution in [3.63, 3.8) is 0 Å². The molecule has 5 nitrogen and oxygen atoms in total. The zero-order chi connectivity index (χ0) is 17.6. The minimum absolute atomic E-state index is 0.183. The average molecular weight is 334 g/mol. The van der Waals surface area contributed by atoms with E-state index in [1.807, 2.05) is 54.6 Å². The van der Waals surface area contributed by atoms with Crippen LogP contribution in [0.2, 0.25) is 0 Å². The molecular formula is C20H22N4O. The van der Waals surface area contributed by atoms with E-state index >= 15 is 0 Å². The van der Waals surface area contributed by atoms with Crippen LogP contribution in [-0.4, -0.2) is 28.8 Å². The Morgan fingerprint density at radius 3 is 2.32 bits per heavy atom. The van der Waals surface area contributed by atoms with Crippen molar-refractivity contribution < 1.29 is 4.79 Å².